The lowest BCUT2D eigenvalue weighted by atomic mass is 9.96. The molecule has 134 valence electrons. The first-order chi connectivity index (χ1) is 11.8. The summed E-state index contributed by atoms with van der Waals surface area (Å²) in [5.74, 6) is -2.31. The summed E-state index contributed by atoms with van der Waals surface area (Å²) in [7, 11) is 0. The second-order valence-electron chi connectivity index (χ2n) is 5.98. The lowest BCUT2D eigenvalue weighted by Crippen LogP contribution is -2.32. The van der Waals surface area contributed by atoms with Crippen LogP contribution in [0.5, 0.6) is 0 Å². The molecule has 0 saturated heterocycles. The number of unbranched alkanes of at least 4 members (excludes halogenated alkanes) is 2. The van der Waals surface area contributed by atoms with Gasteiger partial charge in [-0.15, -0.1) is 0 Å². The third-order valence-electron chi connectivity index (χ3n) is 4.16. The smallest absolute Gasteiger partial charge is 0.303 e. The summed E-state index contributed by atoms with van der Waals surface area (Å²) < 4.78 is 0. The van der Waals surface area contributed by atoms with Crippen molar-refractivity contribution in [2.45, 2.75) is 38.6 Å². The molecule has 1 aliphatic heterocycles. The Bertz CT molecular complexity index is 711. The number of carbonyl (C=O) groups is 3. The third kappa shape index (κ3) is 4.39. The number of carboxylic acid groups (broad SMARTS) is 1. The third-order valence-corrected chi connectivity index (χ3v) is 4.41. The maximum Gasteiger partial charge on any atom is 0.303 e. The average Bonchev–Trinajstić information content (AvgIpc) is 2.80. The van der Waals surface area contributed by atoms with Gasteiger partial charge in [-0.2, -0.15) is 0 Å². The van der Waals surface area contributed by atoms with Crippen molar-refractivity contribution in [1.82, 2.24) is 4.90 Å². The molecule has 1 aliphatic rings. The molecule has 7 heteroatoms. The van der Waals surface area contributed by atoms with Crippen molar-refractivity contribution < 1.29 is 24.6 Å². The zero-order valence-electron chi connectivity index (χ0n) is 13.9. The molecule has 0 saturated carbocycles. The Morgan fingerprint density at radius 3 is 2.36 bits per heavy atom. The Labute approximate surface area is 150 Å². The van der Waals surface area contributed by atoms with Gasteiger partial charge in [0.05, 0.1) is 11.6 Å². The number of ketones is 1. The fourth-order valence-corrected chi connectivity index (χ4v) is 3.10. The van der Waals surface area contributed by atoms with Crippen LogP contribution in [0.2, 0.25) is 5.02 Å². The van der Waals surface area contributed by atoms with E-state index >= 15 is 0 Å². The van der Waals surface area contributed by atoms with Crippen LogP contribution >= 0.6 is 11.6 Å². The van der Waals surface area contributed by atoms with Crippen molar-refractivity contribution in [2.75, 3.05) is 6.54 Å². The van der Waals surface area contributed by atoms with Crippen molar-refractivity contribution in [3.8, 4) is 0 Å². The molecule has 0 aliphatic carbocycles. The SMILES string of the molecule is CC(=O)C1=C(O)C(=O)N(CCCCCC(=O)O)[C@H]1c1ccc(Cl)cc1. The van der Waals surface area contributed by atoms with Crippen LogP contribution in [-0.4, -0.2) is 39.3 Å². The van der Waals surface area contributed by atoms with Crippen LogP contribution in [-0.2, 0) is 14.4 Å². The fraction of sp³-hybridized carbons (Fsp3) is 0.389. The Morgan fingerprint density at radius 2 is 1.80 bits per heavy atom. The molecule has 1 heterocycles. The number of carbonyl (C=O) groups excluding carboxylic acids is 2. The van der Waals surface area contributed by atoms with Crippen LogP contribution in [0, 0.1) is 0 Å². The van der Waals surface area contributed by atoms with E-state index in [4.69, 9.17) is 16.7 Å². The van der Waals surface area contributed by atoms with Gasteiger partial charge in [0.1, 0.15) is 0 Å². The van der Waals surface area contributed by atoms with E-state index in [0.717, 1.165) is 0 Å². The zero-order valence-corrected chi connectivity index (χ0v) is 14.6. The first kappa shape index (κ1) is 19.0. The van der Waals surface area contributed by atoms with Gasteiger partial charge < -0.3 is 15.1 Å². The van der Waals surface area contributed by atoms with Crippen molar-refractivity contribution in [2.24, 2.45) is 0 Å². The maximum absolute atomic E-state index is 12.4. The number of hydrogen-bond acceptors (Lipinski definition) is 4. The van der Waals surface area contributed by atoms with Gasteiger partial charge >= 0.3 is 5.97 Å². The van der Waals surface area contributed by atoms with Crippen LogP contribution < -0.4 is 0 Å². The largest absolute Gasteiger partial charge is 0.503 e. The molecular formula is C18H20ClNO5. The van der Waals surface area contributed by atoms with Crippen molar-refractivity contribution in [3.63, 3.8) is 0 Å². The number of amides is 1. The van der Waals surface area contributed by atoms with Crippen LogP contribution in [0.15, 0.2) is 35.6 Å². The lowest BCUT2D eigenvalue weighted by Gasteiger charge is -2.26. The van der Waals surface area contributed by atoms with Crippen molar-refractivity contribution in [1.29, 1.82) is 0 Å². The molecule has 1 amide bonds. The Kier molecular flexibility index (Phi) is 6.20. The minimum atomic E-state index is -0.852. The van der Waals surface area contributed by atoms with Gasteiger partial charge in [0.25, 0.3) is 5.91 Å². The molecule has 1 aromatic rings. The number of nitrogens with zero attached hydrogens (tertiary/aromatic N) is 1. The number of Topliss-reactive ketones (excluding diaryl/α,β-unsaturated/α-hetero) is 1. The van der Waals surface area contributed by atoms with Crippen LogP contribution in [0.1, 0.15) is 44.2 Å². The molecular weight excluding hydrogens is 346 g/mol. The summed E-state index contributed by atoms with van der Waals surface area (Å²) in [5, 5.41) is 19.3. The molecule has 2 N–H and O–H groups in total. The van der Waals surface area contributed by atoms with E-state index in [0.29, 0.717) is 36.4 Å². The van der Waals surface area contributed by atoms with Crippen LogP contribution in [0.25, 0.3) is 0 Å². The van der Waals surface area contributed by atoms with E-state index in [1.807, 2.05) is 0 Å². The molecule has 0 unspecified atom stereocenters. The minimum absolute atomic E-state index is 0.0801. The predicted molar refractivity (Wildman–Crippen MR) is 92.3 cm³/mol. The predicted octanol–water partition coefficient (Wildman–Crippen LogP) is 3.27. The molecule has 1 atom stereocenters. The van der Waals surface area contributed by atoms with Crippen LogP contribution in [0.3, 0.4) is 0 Å². The molecule has 25 heavy (non-hydrogen) atoms. The summed E-state index contributed by atoms with van der Waals surface area (Å²) in [5.41, 5.74) is 0.774. The first-order valence-electron chi connectivity index (χ1n) is 8.05. The highest BCUT2D eigenvalue weighted by molar-refractivity contribution is 6.30. The number of hydrogen-bond donors (Lipinski definition) is 2. The topological polar surface area (TPSA) is 94.9 Å². The fourth-order valence-electron chi connectivity index (χ4n) is 2.97. The van der Waals surface area contributed by atoms with Gasteiger partial charge in [-0.1, -0.05) is 30.2 Å². The molecule has 2 rings (SSSR count). The van der Waals surface area contributed by atoms with Crippen molar-refractivity contribution >= 4 is 29.3 Å². The second kappa shape index (κ2) is 8.16. The number of benzene rings is 1. The van der Waals surface area contributed by atoms with E-state index in [1.54, 1.807) is 24.3 Å². The van der Waals surface area contributed by atoms with E-state index in [2.05, 4.69) is 0 Å². The number of rotatable bonds is 8. The highest BCUT2D eigenvalue weighted by Crippen LogP contribution is 2.38. The standard InChI is InChI=1S/C18H20ClNO5/c1-11(21)15-16(12-6-8-13(19)9-7-12)20(18(25)17(15)24)10-4-2-3-5-14(22)23/h6-9,16,24H,2-5,10H2,1H3,(H,22,23)/t16-/m0/s1. The summed E-state index contributed by atoms with van der Waals surface area (Å²) in [6.45, 7) is 1.64. The van der Waals surface area contributed by atoms with E-state index < -0.39 is 23.7 Å². The normalized spacial score (nSPS) is 17.3. The number of aliphatic hydroxyl groups is 1. The van der Waals surface area contributed by atoms with E-state index in [9.17, 15) is 19.5 Å². The van der Waals surface area contributed by atoms with Gasteiger partial charge in [0.15, 0.2) is 11.5 Å². The summed E-state index contributed by atoms with van der Waals surface area (Å²) in [4.78, 5) is 36.3. The van der Waals surface area contributed by atoms with Gasteiger partial charge in [-0.25, -0.2) is 0 Å². The van der Waals surface area contributed by atoms with Crippen LogP contribution in [0.4, 0.5) is 0 Å². The minimum Gasteiger partial charge on any atom is -0.503 e. The molecule has 0 bridgehead atoms. The van der Waals surface area contributed by atoms with Gasteiger partial charge in [0, 0.05) is 18.0 Å². The van der Waals surface area contributed by atoms with Gasteiger partial charge in [0.2, 0.25) is 0 Å². The first-order valence-corrected chi connectivity index (χ1v) is 8.43. The maximum atomic E-state index is 12.4. The highest BCUT2D eigenvalue weighted by Gasteiger charge is 2.41. The Balaban J connectivity index is 2.19. The van der Waals surface area contributed by atoms with Gasteiger partial charge in [-0.3, -0.25) is 14.4 Å². The summed E-state index contributed by atoms with van der Waals surface area (Å²) >= 11 is 5.90. The lowest BCUT2D eigenvalue weighted by molar-refractivity contribution is -0.137. The summed E-state index contributed by atoms with van der Waals surface area (Å²) in [6, 6.07) is 6.12. The number of aliphatic carboxylic acids is 1. The molecule has 6 nitrogen and oxygen atoms in total. The molecule has 0 fully saturated rings. The number of aliphatic hydroxyl groups excluding tert-OH is 1. The average molecular weight is 366 g/mol. The van der Waals surface area contributed by atoms with Gasteiger partial charge in [-0.05, 0) is 37.5 Å². The Morgan fingerprint density at radius 1 is 1.16 bits per heavy atom. The monoisotopic (exact) mass is 365 g/mol. The highest BCUT2D eigenvalue weighted by atomic mass is 35.5. The Hall–Kier alpha value is -2.34. The second-order valence-corrected chi connectivity index (χ2v) is 6.41. The van der Waals surface area contributed by atoms with E-state index in [1.165, 1.54) is 11.8 Å². The summed E-state index contributed by atoms with van der Waals surface area (Å²) in [6.07, 6.45) is 1.82. The molecule has 1 aromatic carbocycles. The number of carboxylic acids is 1. The van der Waals surface area contributed by atoms with Crippen molar-refractivity contribution in [3.05, 3.63) is 46.2 Å². The van der Waals surface area contributed by atoms with E-state index in [-0.39, 0.29) is 17.8 Å². The molecule has 0 spiro atoms. The molecule has 0 radical (unpaired) electrons. The molecule has 0 aromatic heterocycles. The zero-order chi connectivity index (χ0) is 18.6. The number of halogens is 1. The quantitative estimate of drug-likeness (QED) is 0.689.